The minimum atomic E-state index is -0.447. The minimum absolute atomic E-state index is 0.0781. The predicted octanol–water partition coefficient (Wildman–Crippen LogP) is 4.36. The van der Waals surface area contributed by atoms with Crippen molar-refractivity contribution < 1.29 is 14.1 Å². The second-order valence-corrected chi connectivity index (χ2v) is 6.61. The number of nitrogens with two attached hydrogens (primary N) is 1. The molecule has 6 heteroatoms. The smallest absolute Gasteiger partial charge is 0.210 e. The summed E-state index contributed by atoms with van der Waals surface area (Å²) in [5.41, 5.74) is 8.72. The Balaban J connectivity index is 1.93. The first kappa shape index (κ1) is 17.9. The molecule has 1 atom stereocenters. The molecule has 3 rings (SSSR count). The first-order chi connectivity index (χ1) is 12.6. The van der Waals surface area contributed by atoms with Crippen molar-refractivity contribution in [3.63, 3.8) is 0 Å². The molecule has 1 heterocycles. The third-order valence-corrected chi connectivity index (χ3v) is 4.88. The van der Waals surface area contributed by atoms with Crippen LogP contribution in [-0.2, 0) is 0 Å². The molecule has 1 unspecified atom stereocenters. The van der Waals surface area contributed by atoms with E-state index in [0.717, 1.165) is 42.6 Å². The fourth-order valence-corrected chi connectivity index (χ4v) is 3.67. The van der Waals surface area contributed by atoms with Gasteiger partial charge in [-0.3, -0.25) is 14.9 Å². The normalized spacial score (nSPS) is 15.7. The van der Waals surface area contributed by atoms with Crippen LogP contribution in [0, 0.1) is 16.0 Å². The Hall–Kier alpha value is -2.89. The van der Waals surface area contributed by atoms with E-state index in [1.807, 2.05) is 12.1 Å². The lowest BCUT2D eigenvalue weighted by molar-refractivity contribution is -0.486. The van der Waals surface area contributed by atoms with Crippen molar-refractivity contribution in [2.75, 3.05) is 12.3 Å². The zero-order valence-electron chi connectivity index (χ0n) is 14.5. The molecule has 0 fully saturated rings. The number of anilines is 1. The van der Waals surface area contributed by atoms with Gasteiger partial charge < -0.3 is 10.2 Å². The monoisotopic (exact) mass is 354 g/mol. The molecule has 1 aliphatic rings. The standard InChI is InChI=1S/C20H22N2O4/c21-18-9-4-3-8-17(18)19(23)12-14(13-22(24)25)15-6-1-2-7-16(15)20-10-5-11-26-20/h3-5,8-11,14H,1-2,6-7,12-13,21H2. The van der Waals surface area contributed by atoms with Crippen LogP contribution in [0.15, 0.2) is 52.7 Å². The molecular formula is C20H22N2O4. The highest BCUT2D eigenvalue weighted by Gasteiger charge is 2.29. The van der Waals surface area contributed by atoms with Gasteiger partial charge in [-0.25, -0.2) is 0 Å². The highest BCUT2D eigenvalue weighted by molar-refractivity contribution is 6.01. The SMILES string of the molecule is Nc1ccccc1C(=O)CC(C[N+](=O)[O-])C1=C(c2ccco2)CCCC1. The molecule has 2 N–H and O–H groups in total. The molecule has 2 aromatic rings. The number of carbonyl (C=O) groups excluding carboxylic acids is 1. The number of Topliss-reactive ketones (excluding diaryl/α,β-unsaturated/α-hetero) is 1. The summed E-state index contributed by atoms with van der Waals surface area (Å²) in [5, 5.41) is 11.3. The van der Waals surface area contributed by atoms with E-state index in [4.69, 9.17) is 10.2 Å². The number of nitrogen functional groups attached to an aromatic ring is 1. The predicted molar refractivity (Wildman–Crippen MR) is 99.2 cm³/mol. The van der Waals surface area contributed by atoms with E-state index in [0.29, 0.717) is 11.3 Å². The molecule has 0 amide bonds. The highest BCUT2D eigenvalue weighted by Crippen LogP contribution is 2.38. The van der Waals surface area contributed by atoms with Crippen molar-refractivity contribution in [1.82, 2.24) is 0 Å². The highest BCUT2D eigenvalue weighted by atomic mass is 16.6. The second-order valence-electron chi connectivity index (χ2n) is 6.61. The van der Waals surface area contributed by atoms with Gasteiger partial charge in [0.05, 0.1) is 12.2 Å². The van der Waals surface area contributed by atoms with E-state index in [2.05, 4.69) is 0 Å². The Morgan fingerprint density at radius 2 is 1.96 bits per heavy atom. The number of allylic oxidation sites excluding steroid dienone is 1. The summed E-state index contributed by atoms with van der Waals surface area (Å²) in [6.45, 7) is -0.266. The number of benzene rings is 1. The maximum atomic E-state index is 12.7. The van der Waals surface area contributed by atoms with Crippen LogP contribution >= 0.6 is 0 Å². The van der Waals surface area contributed by atoms with Crippen LogP contribution in [0.1, 0.15) is 48.2 Å². The van der Waals surface area contributed by atoms with E-state index in [1.165, 1.54) is 0 Å². The number of carbonyl (C=O) groups is 1. The van der Waals surface area contributed by atoms with Crippen LogP contribution < -0.4 is 5.73 Å². The Morgan fingerprint density at radius 3 is 2.65 bits per heavy atom. The number of para-hydroxylation sites is 1. The summed E-state index contributed by atoms with van der Waals surface area (Å²) >= 11 is 0. The Morgan fingerprint density at radius 1 is 1.19 bits per heavy atom. The summed E-state index contributed by atoms with van der Waals surface area (Å²) in [5.74, 6) is 0.143. The van der Waals surface area contributed by atoms with E-state index < -0.39 is 5.92 Å². The lowest BCUT2D eigenvalue weighted by Crippen LogP contribution is -2.22. The van der Waals surface area contributed by atoms with E-state index in [-0.39, 0.29) is 23.7 Å². The zero-order chi connectivity index (χ0) is 18.5. The van der Waals surface area contributed by atoms with Crippen LogP contribution in [0.4, 0.5) is 5.69 Å². The summed E-state index contributed by atoms with van der Waals surface area (Å²) in [6, 6.07) is 10.5. The summed E-state index contributed by atoms with van der Waals surface area (Å²) < 4.78 is 5.53. The van der Waals surface area contributed by atoms with Crippen LogP contribution in [0.2, 0.25) is 0 Å². The molecule has 6 nitrogen and oxygen atoms in total. The van der Waals surface area contributed by atoms with Crippen LogP contribution in [0.5, 0.6) is 0 Å². The first-order valence-electron chi connectivity index (χ1n) is 8.81. The minimum Gasteiger partial charge on any atom is -0.465 e. The second kappa shape index (κ2) is 7.99. The fraction of sp³-hybridized carbons (Fsp3) is 0.350. The van der Waals surface area contributed by atoms with Gasteiger partial charge in [0.25, 0.3) is 0 Å². The van der Waals surface area contributed by atoms with Gasteiger partial charge in [0, 0.05) is 22.6 Å². The maximum absolute atomic E-state index is 12.7. The lowest BCUT2D eigenvalue weighted by atomic mass is 9.80. The van der Waals surface area contributed by atoms with Crippen molar-refractivity contribution in [2.45, 2.75) is 32.1 Å². The van der Waals surface area contributed by atoms with Crippen molar-refractivity contribution in [2.24, 2.45) is 5.92 Å². The topological polar surface area (TPSA) is 99.4 Å². The van der Waals surface area contributed by atoms with E-state index in [1.54, 1.807) is 30.5 Å². The largest absolute Gasteiger partial charge is 0.465 e. The number of nitrogens with zero attached hydrogens (tertiary/aromatic N) is 1. The number of nitro groups is 1. The van der Waals surface area contributed by atoms with Crippen LogP contribution in [0.3, 0.4) is 0 Å². The molecule has 1 aromatic heterocycles. The fourth-order valence-electron chi connectivity index (χ4n) is 3.67. The maximum Gasteiger partial charge on any atom is 0.210 e. The van der Waals surface area contributed by atoms with Crippen molar-refractivity contribution >= 4 is 17.0 Å². The number of furan rings is 1. The average Bonchev–Trinajstić information content (AvgIpc) is 3.15. The van der Waals surface area contributed by atoms with Gasteiger partial charge in [-0.2, -0.15) is 0 Å². The van der Waals surface area contributed by atoms with E-state index >= 15 is 0 Å². The molecule has 0 bridgehead atoms. The Labute approximate surface area is 151 Å². The molecule has 1 aromatic carbocycles. The summed E-state index contributed by atoms with van der Waals surface area (Å²) in [7, 11) is 0. The van der Waals surface area contributed by atoms with Gasteiger partial charge in [-0.1, -0.05) is 17.7 Å². The van der Waals surface area contributed by atoms with Crippen molar-refractivity contribution in [3.05, 3.63) is 69.7 Å². The summed E-state index contributed by atoms with van der Waals surface area (Å²) in [6.07, 6.45) is 5.24. The summed E-state index contributed by atoms with van der Waals surface area (Å²) in [4.78, 5) is 23.7. The zero-order valence-corrected chi connectivity index (χ0v) is 14.5. The van der Waals surface area contributed by atoms with Gasteiger partial charge in [-0.05, 0) is 55.5 Å². The number of ketones is 1. The van der Waals surface area contributed by atoms with Crippen LogP contribution in [0.25, 0.3) is 5.57 Å². The molecule has 0 aliphatic heterocycles. The molecule has 0 saturated heterocycles. The van der Waals surface area contributed by atoms with E-state index in [9.17, 15) is 14.9 Å². The molecule has 0 saturated carbocycles. The number of hydrogen-bond acceptors (Lipinski definition) is 5. The first-order valence-corrected chi connectivity index (χ1v) is 8.81. The molecule has 1 aliphatic carbocycles. The van der Waals surface area contributed by atoms with Gasteiger partial charge in [0.15, 0.2) is 5.78 Å². The van der Waals surface area contributed by atoms with Gasteiger partial charge in [-0.15, -0.1) is 0 Å². The molecule has 26 heavy (non-hydrogen) atoms. The molecular weight excluding hydrogens is 332 g/mol. The van der Waals surface area contributed by atoms with Gasteiger partial charge in [0.2, 0.25) is 6.54 Å². The Kier molecular flexibility index (Phi) is 5.51. The molecule has 0 spiro atoms. The molecule has 0 radical (unpaired) electrons. The Bertz CT molecular complexity index is 824. The third kappa shape index (κ3) is 4.02. The quantitative estimate of drug-likeness (QED) is 0.345. The third-order valence-electron chi connectivity index (χ3n) is 4.88. The number of hydrogen-bond donors (Lipinski definition) is 1. The average molecular weight is 354 g/mol. The van der Waals surface area contributed by atoms with Gasteiger partial charge in [0.1, 0.15) is 5.76 Å². The lowest BCUT2D eigenvalue weighted by Gasteiger charge is -2.24. The van der Waals surface area contributed by atoms with Crippen molar-refractivity contribution in [1.29, 1.82) is 0 Å². The van der Waals surface area contributed by atoms with Crippen molar-refractivity contribution in [3.8, 4) is 0 Å². The molecule has 136 valence electrons. The number of rotatable bonds is 7. The van der Waals surface area contributed by atoms with Crippen LogP contribution in [-0.4, -0.2) is 17.3 Å². The van der Waals surface area contributed by atoms with Gasteiger partial charge >= 0.3 is 0 Å².